The summed E-state index contributed by atoms with van der Waals surface area (Å²) in [4.78, 5) is 18.8. The molecule has 2 aliphatic heterocycles. The van der Waals surface area contributed by atoms with Crippen molar-refractivity contribution in [3.63, 3.8) is 0 Å². The van der Waals surface area contributed by atoms with Crippen molar-refractivity contribution >= 4 is 5.91 Å². The van der Waals surface area contributed by atoms with E-state index >= 15 is 0 Å². The monoisotopic (exact) mass is 373 g/mol. The summed E-state index contributed by atoms with van der Waals surface area (Å²) in [7, 11) is 0. The van der Waals surface area contributed by atoms with E-state index in [2.05, 4.69) is 15.2 Å². The predicted octanol–water partition coefficient (Wildman–Crippen LogP) is 2.23. The first kappa shape index (κ1) is 18.0. The third-order valence-electron chi connectivity index (χ3n) is 5.29. The van der Waals surface area contributed by atoms with E-state index in [1.54, 1.807) is 12.3 Å². The minimum Gasteiger partial charge on any atom is -0.378 e. The molecule has 1 aromatic heterocycles. The summed E-state index contributed by atoms with van der Waals surface area (Å²) in [5.41, 5.74) is 0.898. The maximum atomic E-state index is 13.9. The fourth-order valence-corrected chi connectivity index (χ4v) is 4.07. The molecular formula is C20H21F2N3O2. The standard InChI is InChI=1S/C20H21F2N3O2/c21-17-5-4-14(9-18(17)22)16-11-25(10-15-3-1-2-7-23-15)12-20(16)13-27-8-6-19(26)24-20/h1-5,7,9,16H,6,8,10-13H2,(H,24,26)/t16-,20-/m0/s1. The third kappa shape index (κ3) is 3.70. The van der Waals surface area contributed by atoms with Crippen molar-refractivity contribution in [1.82, 2.24) is 15.2 Å². The minimum absolute atomic E-state index is 0.0835. The lowest BCUT2D eigenvalue weighted by Gasteiger charge is -2.34. The van der Waals surface area contributed by atoms with Gasteiger partial charge in [-0.25, -0.2) is 8.78 Å². The molecule has 142 valence electrons. The van der Waals surface area contributed by atoms with Crippen molar-refractivity contribution in [1.29, 1.82) is 0 Å². The van der Waals surface area contributed by atoms with Gasteiger partial charge in [0.05, 0.1) is 24.4 Å². The third-order valence-corrected chi connectivity index (χ3v) is 5.29. The summed E-state index contributed by atoms with van der Waals surface area (Å²) >= 11 is 0. The Bertz CT molecular complexity index is 833. The normalized spacial score (nSPS) is 26.1. The van der Waals surface area contributed by atoms with Crippen molar-refractivity contribution in [3.05, 3.63) is 65.5 Å². The van der Waals surface area contributed by atoms with Crippen LogP contribution in [0, 0.1) is 11.6 Å². The molecule has 27 heavy (non-hydrogen) atoms. The Morgan fingerprint density at radius 1 is 1.26 bits per heavy atom. The summed E-state index contributed by atoms with van der Waals surface area (Å²) in [6.45, 7) is 2.45. The lowest BCUT2D eigenvalue weighted by molar-refractivity contribution is -0.122. The van der Waals surface area contributed by atoms with Crippen LogP contribution in [0.5, 0.6) is 0 Å². The number of amides is 1. The molecule has 1 amide bonds. The van der Waals surface area contributed by atoms with Crippen LogP contribution in [0.1, 0.15) is 23.6 Å². The first-order valence-electron chi connectivity index (χ1n) is 9.02. The lowest BCUT2D eigenvalue weighted by atomic mass is 9.82. The van der Waals surface area contributed by atoms with Crippen LogP contribution < -0.4 is 5.32 Å². The Balaban J connectivity index is 1.66. The first-order chi connectivity index (χ1) is 13.1. The second kappa shape index (κ2) is 7.32. The van der Waals surface area contributed by atoms with Gasteiger partial charge in [0.25, 0.3) is 0 Å². The second-order valence-corrected chi connectivity index (χ2v) is 7.22. The number of rotatable bonds is 3. The minimum atomic E-state index is -0.883. The van der Waals surface area contributed by atoms with Gasteiger partial charge in [-0.15, -0.1) is 0 Å². The molecule has 7 heteroatoms. The number of nitrogens with one attached hydrogen (secondary N) is 1. The highest BCUT2D eigenvalue weighted by Gasteiger charge is 2.49. The van der Waals surface area contributed by atoms with Crippen LogP contribution in [0.3, 0.4) is 0 Å². The molecule has 2 aromatic rings. The summed E-state index contributed by atoms with van der Waals surface area (Å²) < 4.78 is 33.0. The number of carbonyl (C=O) groups is 1. The van der Waals surface area contributed by atoms with E-state index in [0.29, 0.717) is 44.8 Å². The van der Waals surface area contributed by atoms with Gasteiger partial charge in [0.15, 0.2) is 11.6 Å². The molecule has 0 aliphatic carbocycles. The van der Waals surface area contributed by atoms with Gasteiger partial charge in [0.2, 0.25) is 5.91 Å². The Labute approximate surface area is 156 Å². The highest BCUT2D eigenvalue weighted by molar-refractivity contribution is 5.77. The highest BCUT2D eigenvalue weighted by atomic mass is 19.2. The molecule has 0 saturated carbocycles. The average molecular weight is 373 g/mol. The number of carbonyl (C=O) groups excluding carboxylic acids is 1. The van der Waals surface area contributed by atoms with Gasteiger partial charge in [-0.1, -0.05) is 12.1 Å². The fourth-order valence-electron chi connectivity index (χ4n) is 4.07. The van der Waals surface area contributed by atoms with E-state index in [9.17, 15) is 13.6 Å². The van der Waals surface area contributed by atoms with Gasteiger partial charge in [-0.3, -0.25) is 14.7 Å². The van der Waals surface area contributed by atoms with E-state index < -0.39 is 17.2 Å². The molecule has 2 atom stereocenters. The molecule has 0 radical (unpaired) electrons. The van der Waals surface area contributed by atoms with Gasteiger partial charge < -0.3 is 10.1 Å². The molecule has 2 fully saturated rings. The fraction of sp³-hybridized carbons (Fsp3) is 0.400. The van der Waals surface area contributed by atoms with Crippen molar-refractivity contribution in [3.8, 4) is 0 Å². The molecule has 3 heterocycles. The lowest BCUT2D eigenvalue weighted by Crippen LogP contribution is -2.55. The molecule has 2 saturated heterocycles. The summed E-state index contributed by atoms with van der Waals surface area (Å²) in [6.07, 6.45) is 2.04. The van der Waals surface area contributed by atoms with Gasteiger partial charge in [-0.2, -0.15) is 0 Å². The van der Waals surface area contributed by atoms with Gasteiger partial charge >= 0.3 is 0 Å². The molecule has 0 unspecified atom stereocenters. The van der Waals surface area contributed by atoms with Crippen LogP contribution in [0.2, 0.25) is 0 Å². The summed E-state index contributed by atoms with van der Waals surface area (Å²) in [6, 6.07) is 9.68. The first-order valence-corrected chi connectivity index (χ1v) is 9.02. The topological polar surface area (TPSA) is 54.5 Å². The van der Waals surface area contributed by atoms with E-state index in [-0.39, 0.29) is 11.8 Å². The number of halogens is 2. The SMILES string of the molecule is O=C1CCOC[C@]2(CN(Cc3ccccn3)C[C@H]2c2ccc(F)c(F)c2)N1. The number of pyridine rings is 1. The Morgan fingerprint density at radius 2 is 2.15 bits per heavy atom. The van der Waals surface area contributed by atoms with E-state index in [4.69, 9.17) is 4.74 Å². The number of likely N-dealkylation sites (tertiary alicyclic amines) is 1. The molecule has 2 aliphatic rings. The molecule has 1 spiro atoms. The second-order valence-electron chi connectivity index (χ2n) is 7.22. The zero-order valence-corrected chi connectivity index (χ0v) is 14.8. The van der Waals surface area contributed by atoms with Crippen molar-refractivity contribution < 1.29 is 18.3 Å². The van der Waals surface area contributed by atoms with Crippen molar-refractivity contribution in [2.45, 2.75) is 24.4 Å². The summed E-state index contributed by atoms with van der Waals surface area (Å²) in [5.74, 6) is -2.05. The van der Waals surface area contributed by atoms with E-state index in [1.807, 2.05) is 18.2 Å². The van der Waals surface area contributed by atoms with Crippen molar-refractivity contribution in [2.24, 2.45) is 0 Å². The maximum Gasteiger partial charge on any atom is 0.222 e. The Hall–Kier alpha value is -2.38. The molecule has 1 N–H and O–H groups in total. The average Bonchev–Trinajstić information content (AvgIpc) is 2.87. The predicted molar refractivity (Wildman–Crippen MR) is 94.9 cm³/mol. The van der Waals surface area contributed by atoms with Gasteiger partial charge in [0, 0.05) is 38.2 Å². The number of ether oxygens (including phenoxy) is 1. The molecular weight excluding hydrogens is 352 g/mol. The smallest absolute Gasteiger partial charge is 0.222 e. The molecule has 5 nitrogen and oxygen atoms in total. The number of hydrogen-bond donors (Lipinski definition) is 1. The zero-order chi connectivity index (χ0) is 18.9. The van der Waals surface area contributed by atoms with E-state index in [1.165, 1.54) is 6.07 Å². The number of aromatic nitrogens is 1. The number of nitrogens with zero attached hydrogens (tertiary/aromatic N) is 2. The van der Waals surface area contributed by atoms with Crippen molar-refractivity contribution in [2.75, 3.05) is 26.3 Å². The molecule has 4 rings (SSSR count). The number of hydrogen-bond acceptors (Lipinski definition) is 4. The Morgan fingerprint density at radius 3 is 2.93 bits per heavy atom. The van der Waals surface area contributed by atoms with Crippen LogP contribution in [-0.4, -0.2) is 47.6 Å². The number of benzene rings is 1. The van der Waals surface area contributed by atoms with Crippen LogP contribution in [0.15, 0.2) is 42.6 Å². The largest absolute Gasteiger partial charge is 0.378 e. The van der Waals surface area contributed by atoms with Gasteiger partial charge in [0.1, 0.15) is 0 Å². The highest BCUT2D eigenvalue weighted by Crippen LogP contribution is 2.38. The molecule has 1 aromatic carbocycles. The molecule has 0 bridgehead atoms. The van der Waals surface area contributed by atoms with Crippen LogP contribution in [0.4, 0.5) is 8.78 Å². The van der Waals surface area contributed by atoms with Crippen LogP contribution in [0.25, 0.3) is 0 Å². The van der Waals surface area contributed by atoms with E-state index in [0.717, 1.165) is 11.8 Å². The van der Waals surface area contributed by atoms with Crippen LogP contribution in [-0.2, 0) is 16.1 Å². The zero-order valence-electron chi connectivity index (χ0n) is 14.8. The quantitative estimate of drug-likeness (QED) is 0.897. The van der Waals surface area contributed by atoms with Gasteiger partial charge in [-0.05, 0) is 29.8 Å². The Kier molecular flexibility index (Phi) is 4.88. The van der Waals surface area contributed by atoms with Crippen LogP contribution >= 0.6 is 0 Å². The summed E-state index contributed by atoms with van der Waals surface area (Å²) in [5, 5.41) is 3.11. The maximum absolute atomic E-state index is 13.9.